The lowest BCUT2D eigenvalue weighted by atomic mass is 10.1. The number of rotatable bonds is 5. The van der Waals surface area contributed by atoms with Crippen LogP contribution in [-0.4, -0.2) is 32.0 Å². The first-order valence-corrected chi connectivity index (χ1v) is 7.21. The number of imidazole rings is 1. The summed E-state index contributed by atoms with van der Waals surface area (Å²) in [5, 5.41) is 22.2. The van der Waals surface area contributed by atoms with Crippen LogP contribution in [0.5, 0.6) is 0 Å². The highest BCUT2D eigenvalue weighted by Gasteiger charge is 2.31. The quantitative estimate of drug-likeness (QED) is 0.619. The Kier molecular flexibility index (Phi) is 3.92. The molecule has 3 rings (SSSR count). The molecule has 1 atom stereocenters. The third-order valence-electron chi connectivity index (χ3n) is 4.03. The van der Waals surface area contributed by atoms with Crippen molar-refractivity contribution in [2.24, 2.45) is 0 Å². The highest BCUT2D eigenvalue weighted by atomic mass is 16.6. The van der Waals surface area contributed by atoms with Gasteiger partial charge in [-0.2, -0.15) is 0 Å². The number of benzene rings is 1. The second-order valence-corrected chi connectivity index (χ2v) is 5.44. The van der Waals surface area contributed by atoms with E-state index in [0.29, 0.717) is 18.8 Å². The van der Waals surface area contributed by atoms with Crippen LogP contribution < -0.4 is 4.90 Å². The van der Waals surface area contributed by atoms with Crippen LogP contribution in [0.4, 0.5) is 17.1 Å². The normalized spacial score (nSPS) is 17.4. The van der Waals surface area contributed by atoms with Crippen LogP contribution in [0.2, 0.25) is 0 Å². The minimum Gasteiger partial charge on any atom is -0.361 e. The van der Waals surface area contributed by atoms with Gasteiger partial charge in [0.2, 0.25) is 0 Å². The third kappa shape index (κ3) is 2.98. The number of nitrogens with zero attached hydrogens (tertiary/aromatic N) is 5. The van der Waals surface area contributed by atoms with Crippen molar-refractivity contribution in [3.8, 4) is 0 Å². The zero-order valence-electron chi connectivity index (χ0n) is 12.2. The molecule has 1 aromatic carbocycles. The van der Waals surface area contributed by atoms with E-state index in [1.165, 1.54) is 12.1 Å². The van der Waals surface area contributed by atoms with E-state index in [1.54, 1.807) is 12.5 Å². The van der Waals surface area contributed by atoms with Crippen molar-refractivity contribution in [3.05, 3.63) is 57.1 Å². The number of hydrogen-bond donors (Lipinski definition) is 0. The molecule has 0 amide bonds. The molecule has 120 valence electrons. The molecule has 1 aromatic heterocycles. The molecule has 9 nitrogen and oxygen atoms in total. The summed E-state index contributed by atoms with van der Waals surface area (Å²) in [6.45, 7) is 1.37. The molecule has 0 aliphatic carbocycles. The van der Waals surface area contributed by atoms with Crippen LogP contribution in [0.25, 0.3) is 0 Å². The molecule has 0 spiro atoms. The number of nitro benzene ring substituents is 2. The molecule has 1 aliphatic rings. The summed E-state index contributed by atoms with van der Waals surface area (Å²) >= 11 is 0. The Balaban J connectivity index is 1.92. The SMILES string of the molecule is O=[N+]([O-])c1ccc(N2CCCC2Cn2ccnc2)c([N+](=O)[O-])c1. The van der Waals surface area contributed by atoms with Gasteiger partial charge in [-0.05, 0) is 18.9 Å². The van der Waals surface area contributed by atoms with E-state index in [9.17, 15) is 20.2 Å². The summed E-state index contributed by atoms with van der Waals surface area (Å²) in [6.07, 6.45) is 7.08. The van der Waals surface area contributed by atoms with E-state index >= 15 is 0 Å². The summed E-state index contributed by atoms with van der Waals surface area (Å²) in [5.41, 5.74) is -0.0641. The minimum atomic E-state index is -0.621. The molecule has 1 saturated heterocycles. The summed E-state index contributed by atoms with van der Waals surface area (Å²) in [7, 11) is 0. The van der Waals surface area contributed by atoms with Gasteiger partial charge in [-0.15, -0.1) is 0 Å². The molecule has 23 heavy (non-hydrogen) atoms. The maximum Gasteiger partial charge on any atom is 0.299 e. The van der Waals surface area contributed by atoms with Crippen molar-refractivity contribution in [2.45, 2.75) is 25.4 Å². The minimum absolute atomic E-state index is 0.101. The first-order valence-electron chi connectivity index (χ1n) is 7.21. The smallest absolute Gasteiger partial charge is 0.299 e. The Morgan fingerprint density at radius 1 is 1.26 bits per heavy atom. The van der Waals surface area contributed by atoms with Crippen LogP contribution in [0.15, 0.2) is 36.9 Å². The van der Waals surface area contributed by atoms with E-state index in [4.69, 9.17) is 0 Å². The average Bonchev–Trinajstić information content (AvgIpc) is 3.18. The Morgan fingerprint density at radius 2 is 2.09 bits per heavy atom. The first kappa shape index (κ1) is 14.9. The maximum absolute atomic E-state index is 11.3. The van der Waals surface area contributed by atoms with Crippen LogP contribution in [-0.2, 0) is 6.54 Å². The number of aromatic nitrogens is 2. The van der Waals surface area contributed by atoms with Crippen LogP contribution in [0.1, 0.15) is 12.8 Å². The number of non-ortho nitro benzene ring substituents is 1. The second kappa shape index (κ2) is 6.03. The highest BCUT2D eigenvalue weighted by Crippen LogP contribution is 2.36. The van der Waals surface area contributed by atoms with Crippen molar-refractivity contribution >= 4 is 17.1 Å². The summed E-state index contributed by atoms with van der Waals surface area (Å²) in [6, 6.07) is 3.92. The van der Waals surface area contributed by atoms with Gasteiger partial charge in [-0.25, -0.2) is 4.98 Å². The Hall–Kier alpha value is -2.97. The van der Waals surface area contributed by atoms with Gasteiger partial charge in [-0.3, -0.25) is 20.2 Å². The van der Waals surface area contributed by atoms with Gasteiger partial charge in [-0.1, -0.05) is 0 Å². The molecule has 0 radical (unpaired) electrons. The third-order valence-corrected chi connectivity index (χ3v) is 4.03. The zero-order chi connectivity index (χ0) is 16.4. The lowest BCUT2D eigenvalue weighted by molar-refractivity contribution is -0.393. The summed E-state index contributed by atoms with van der Waals surface area (Å²) in [5.74, 6) is 0. The van der Waals surface area contributed by atoms with E-state index in [-0.39, 0.29) is 17.4 Å². The monoisotopic (exact) mass is 317 g/mol. The Labute approximate surface area is 131 Å². The molecule has 1 aliphatic heterocycles. The number of hydrogen-bond acceptors (Lipinski definition) is 6. The van der Waals surface area contributed by atoms with Crippen LogP contribution in [0, 0.1) is 20.2 Å². The second-order valence-electron chi connectivity index (χ2n) is 5.44. The number of anilines is 1. The molecule has 2 aromatic rings. The van der Waals surface area contributed by atoms with Crippen molar-refractivity contribution in [1.29, 1.82) is 0 Å². The molecule has 9 heteroatoms. The topological polar surface area (TPSA) is 107 Å². The maximum atomic E-state index is 11.3. The first-order chi connectivity index (χ1) is 11.1. The summed E-state index contributed by atoms with van der Waals surface area (Å²) < 4.78 is 1.93. The fraction of sp³-hybridized carbons (Fsp3) is 0.357. The van der Waals surface area contributed by atoms with Crippen LogP contribution >= 0.6 is 0 Å². The molecule has 1 fully saturated rings. The molecule has 0 bridgehead atoms. The van der Waals surface area contributed by atoms with Gasteiger partial charge in [0.1, 0.15) is 5.69 Å². The molecule has 0 saturated carbocycles. The van der Waals surface area contributed by atoms with E-state index in [0.717, 1.165) is 18.9 Å². The molecular weight excluding hydrogens is 302 g/mol. The van der Waals surface area contributed by atoms with Gasteiger partial charge >= 0.3 is 0 Å². The van der Waals surface area contributed by atoms with Crippen molar-refractivity contribution in [1.82, 2.24) is 9.55 Å². The fourth-order valence-corrected chi connectivity index (χ4v) is 3.00. The number of nitro groups is 2. The van der Waals surface area contributed by atoms with E-state index in [1.807, 2.05) is 15.7 Å². The van der Waals surface area contributed by atoms with Gasteiger partial charge in [0.15, 0.2) is 0 Å². The molecular formula is C14H15N5O4. The van der Waals surface area contributed by atoms with Gasteiger partial charge in [0, 0.05) is 37.6 Å². The average molecular weight is 317 g/mol. The molecule has 0 N–H and O–H groups in total. The standard InChI is InChI=1S/C14H15N5O4/c20-18(21)11-3-4-13(14(8-11)19(22)23)17-6-1-2-12(17)9-16-7-5-15-10-16/h3-5,7-8,10,12H,1-2,6,9H2. The van der Waals surface area contributed by atoms with Crippen molar-refractivity contribution < 1.29 is 9.85 Å². The van der Waals surface area contributed by atoms with Gasteiger partial charge in [0.25, 0.3) is 11.4 Å². The summed E-state index contributed by atoms with van der Waals surface area (Å²) in [4.78, 5) is 26.9. The largest absolute Gasteiger partial charge is 0.361 e. The van der Waals surface area contributed by atoms with Crippen molar-refractivity contribution in [3.63, 3.8) is 0 Å². The Morgan fingerprint density at radius 3 is 2.74 bits per heavy atom. The predicted octanol–water partition coefficient (Wildman–Crippen LogP) is 2.37. The van der Waals surface area contributed by atoms with Gasteiger partial charge in [0.05, 0.1) is 22.2 Å². The van der Waals surface area contributed by atoms with E-state index in [2.05, 4.69) is 4.98 Å². The fourth-order valence-electron chi connectivity index (χ4n) is 3.00. The van der Waals surface area contributed by atoms with E-state index < -0.39 is 9.85 Å². The Bertz CT molecular complexity index is 731. The van der Waals surface area contributed by atoms with Crippen molar-refractivity contribution in [2.75, 3.05) is 11.4 Å². The predicted molar refractivity (Wildman–Crippen MR) is 82.3 cm³/mol. The lowest BCUT2D eigenvalue weighted by Crippen LogP contribution is -2.33. The molecule has 1 unspecified atom stereocenters. The molecule has 2 heterocycles. The lowest BCUT2D eigenvalue weighted by Gasteiger charge is -2.26. The van der Waals surface area contributed by atoms with Gasteiger partial charge < -0.3 is 9.47 Å². The highest BCUT2D eigenvalue weighted by molar-refractivity contribution is 5.67. The zero-order valence-corrected chi connectivity index (χ0v) is 12.2. The van der Waals surface area contributed by atoms with Crippen LogP contribution in [0.3, 0.4) is 0 Å².